The summed E-state index contributed by atoms with van der Waals surface area (Å²) in [6, 6.07) is 0. The summed E-state index contributed by atoms with van der Waals surface area (Å²) in [7, 11) is 0. The summed E-state index contributed by atoms with van der Waals surface area (Å²) in [6.07, 6.45) is 8.06. The van der Waals surface area contributed by atoms with Crippen LogP contribution >= 0.6 is 0 Å². The topological polar surface area (TPSA) is 35.2 Å². The van der Waals surface area contributed by atoms with Crippen molar-refractivity contribution in [2.45, 2.75) is 51.6 Å². The van der Waals surface area contributed by atoms with E-state index in [9.17, 15) is 0 Å². The van der Waals surface area contributed by atoms with E-state index in [1.807, 2.05) is 0 Å². The van der Waals surface area contributed by atoms with Crippen molar-refractivity contribution in [2.75, 3.05) is 13.2 Å². The van der Waals surface area contributed by atoms with Crippen molar-refractivity contribution in [1.29, 1.82) is 0 Å². The first-order valence-electron chi connectivity index (χ1n) is 5.70. The van der Waals surface area contributed by atoms with Crippen LogP contribution in [0, 0.1) is 5.92 Å². The smallest absolute Gasteiger partial charge is 0.0615 e. The molecule has 2 nitrogen and oxygen atoms in total. The van der Waals surface area contributed by atoms with Crippen LogP contribution in [-0.2, 0) is 4.74 Å². The third-order valence-electron chi connectivity index (χ3n) is 2.97. The van der Waals surface area contributed by atoms with Crippen molar-refractivity contribution in [3.8, 4) is 0 Å². The van der Waals surface area contributed by atoms with Gasteiger partial charge in [0.2, 0.25) is 0 Å². The van der Waals surface area contributed by atoms with Gasteiger partial charge in [-0.15, -0.1) is 0 Å². The maximum atomic E-state index is 5.83. The minimum atomic E-state index is 0.474. The van der Waals surface area contributed by atoms with Gasteiger partial charge in [-0.2, -0.15) is 0 Å². The highest BCUT2D eigenvalue weighted by molar-refractivity contribution is 4.78. The van der Waals surface area contributed by atoms with Crippen LogP contribution < -0.4 is 5.73 Å². The summed E-state index contributed by atoms with van der Waals surface area (Å²) in [5.74, 6) is 0.640. The van der Waals surface area contributed by atoms with E-state index < -0.39 is 0 Å². The first-order valence-corrected chi connectivity index (χ1v) is 5.70. The number of hydrogen-bond acceptors (Lipinski definition) is 2. The largest absolute Gasteiger partial charge is 0.378 e. The Morgan fingerprint density at radius 3 is 2.85 bits per heavy atom. The van der Waals surface area contributed by atoms with Gasteiger partial charge in [-0.25, -0.2) is 0 Å². The molecule has 2 N–H and O–H groups in total. The SMILES string of the molecule is CCCCCOC1CCCC1CN. The molecule has 0 aromatic carbocycles. The number of ether oxygens (including phenoxy) is 1. The second-order valence-electron chi connectivity index (χ2n) is 4.04. The van der Waals surface area contributed by atoms with E-state index in [2.05, 4.69) is 6.92 Å². The van der Waals surface area contributed by atoms with Crippen molar-refractivity contribution < 1.29 is 4.74 Å². The lowest BCUT2D eigenvalue weighted by Crippen LogP contribution is -2.25. The maximum Gasteiger partial charge on any atom is 0.0615 e. The van der Waals surface area contributed by atoms with Gasteiger partial charge in [0.1, 0.15) is 0 Å². The minimum absolute atomic E-state index is 0.474. The van der Waals surface area contributed by atoms with E-state index in [1.165, 1.54) is 38.5 Å². The van der Waals surface area contributed by atoms with E-state index in [4.69, 9.17) is 10.5 Å². The van der Waals surface area contributed by atoms with Gasteiger partial charge < -0.3 is 10.5 Å². The molecule has 0 heterocycles. The second-order valence-corrected chi connectivity index (χ2v) is 4.04. The van der Waals surface area contributed by atoms with E-state index in [-0.39, 0.29) is 0 Å². The minimum Gasteiger partial charge on any atom is -0.378 e. The van der Waals surface area contributed by atoms with E-state index in [0.717, 1.165) is 13.2 Å². The molecule has 0 aromatic rings. The molecule has 1 aliphatic carbocycles. The summed E-state index contributed by atoms with van der Waals surface area (Å²) >= 11 is 0. The zero-order valence-electron chi connectivity index (χ0n) is 8.80. The van der Waals surface area contributed by atoms with E-state index in [0.29, 0.717) is 12.0 Å². The summed E-state index contributed by atoms with van der Waals surface area (Å²) in [6.45, 7) is 3.96. The van der Waals surface area contributed by atoms with Crippen molar-refractivity contribution in [3.05, 3.63) is 0 Å². The molecule has 78 valence electrons. The van der Waals surface area contributed by atoms with Crippen molar-refractivity contribution in [2.24, 2.45) is 11.7 Å². The van der Waals surface area contributed by atoms with Crippen LogP contribution in [-0.4, -0.2) is 19.3 Å². The fraction of sp³-hybridized carbons (Fsp3) is 1.00. The van der Waals surface area contributed by atoms with Gasteiger partial charge in [0.15, 0.2) is 0 Å². The molecule has 0 spiro atoms. The summed E-state index contributed by atoms with van der Waals surface area (Å²) in [4.78, 5) is 0. The number of hydrogen-bond donors (Lipinski definition) is 1. The average molecular weight is 185 g/mol. The molecule has 0 saturated heterocycles. The van der Waals surface area contributed by atoms with Crippen LogP contribution in [0.15, 0.2) is 0 Å². The summed E-state index contributed by atoms with van der Waals surface area (Å²) in [5, 5.41) is 0. The van der Waals surface area contributed by atoms with Crippen LogP contribution in [0.25, 0.3) is 0 Å². The molecule has 1 fully saturated rings. The Morgan fingerprint density at radius 2 is 2.15 bits per heavy atom. The van der Waals surface area contributed by atoms with Crippen molar-refractivity contribution in [3.63, 3.8) is 0 Å². The normalized spacial score (nSPS) is 28.2. The maximum absolute atomic E-state index is 5.83. The van der Waals surface area contributed by atoms with Crippen LogP contribution in [0.5, 0.6) is 0 Å². The Kier molecular flexibility index (Phi) is 5.40. The lowest BCUT2D eigenvalue weighted by molar-refractivity contribution is 0.0280. The zero-order chi connectivity index (χ0) is 9.52. The lowest BCUT2D eigenvalue weighted by Gasteiger charge is -2.18. The van der Waals surface area contributed by atoms with Crippen LogP contribution in [0.2, 0.25) is 0 Å². The van der Waals surface area contributed by atoms with Crippen LogP contribution in [0.1, 0.15) is 45.4 Å². The van der Waals surface area contributed by atoms with Gasteiger partial charge in [-0.05, 0) is 31.7 Å². The molecular weight excluding hydrogens is 162 g/mol. The molecule has 0 aromatic heterocycles. The lowest BCUT2D eigenvalue weighted by atomic mass is 10.1. The standard InChI is InChI=1S/C11H23NO/c1-2-3-4-8-13-11-7-5-6-10(11)9-12/h10-11H,2-9,12H2,1H3. The third-order valence-corrected chi connectivity index (χ3v) is 2.97. The Balaban J connectivity index is 2.06. The fourth-order valence-corrected chi connectivity index (χ4v) is 2.08. The molecule has 1 aliphatic rings. The fourth-order valence-electron chi connectivity index (χ4n) is 2.08. The van der Waals surface area contributed by atoms with Gasteiger partial charge in [0, 0.05) is 6.61 Å². The van der Waals surface area contributed by atoms with Gasteiger partial charge in [-0.3, -0.25) is 0 Å². The third kappa shape index (κ3) is 3.65. The van der Waals surface area contributed by atoms with Gasteiger partial charge in [0.25, 0.3) is 0 Å². The monoisotopic (exact) mass is 185 g/mol. The predicted octanol–water partition coefficient (Wildman–Crippen LogP) is 2.32. The van der Waals surface area contributed by atoms with E-state index >= 15 is 0 Å². The van der Waals surface area contributed by atoms with Crippen molar-refractivity contribution >= 4 is 0 Å². The molecule has 0 aliphatic heterocycles. The molecule has 0 radical (unpaired) electrons. The predicted molar refractivity (Wildman–Crippen MR) is 55.7 cm³/mol. The molecule has 1 rings (SSSR count). The van der Waals surface area contributed by atoms with Crippen molar-refractivity contribution in [1.82, 2.24) is 0 Å². The molecule has 13 heavy (non-hydrogen) atoms. The number of nitrogens with two attached hydrogens (primary N) is 1. The Hall–Kier alpha value is -0.0800. The molecule has 0 bridgehead atoms. The Labute approximate surface area is 81.8 Å². The summed E-state index contributed by atoms with van der Waals surface area (Å²) < 4.78 is 5.83. The first-order chi connectivity index (χ1) is 6.38. The Bertz CT molecular complexity index is 127. The molecule has 2 unspecified atom stereocenters. The quantitative estimate of drug-likeness (QED) is 0.644. The number of unbranched alkanes of at least 4 members (excludes halogenated alkanes) is 2. The van der Waals surface area contributed by atoms with E-state index in [1.54, 1.807) is 0 Å². The van der Waals surface area contributed by atoms with Gasteiger partial charge in [-0.1, -0.05) is 26.2 Å². The molecule has 2 atom stereocenters. The Morgan fingerprint density at radius 1 is 1.31 bits per heavy atom. The molecule has 0 amide bonds. The first kappa shape index (κ1) is 11.0. The molecular formula is C11H23NO. The highest BCUT2D eigenvalue weighted by atomic mass is 16.5. The second kappa shape index (κ2) is 6.39. The van der Waals surface area contributed by atoms with Crippen LogP contribution in [0.4, 0.5) is 0 Å². The zero-order valence-corrected chi connectivity index (χ0v) is 8.80. The van der Waals surface area contributed by atoms with Crippen LogP contribution in [0.3, 0.4) is 0 Å². The number of rotatable bonds is 6. The highest BCUT2D eigenvalue weighted by Crippen LogP contribution is 2.27. The highest BCUT2D eigenvalue weighted by Gasteiger charge is 2.26. The van der Waals surface area contributed by atoms with Gasteiger partial charge >= 0.3 is 0 Å². The average Bonchev–Trinajstić information content (AvgIpc) is 2.60. The van der Waals surface area contributed by atoms with Gasteiger partial charge in [0.05, 0.1) is 6.10 Å². The molecule has 2 heteroatoms. The summed E-state index contributed by atoms with van der Waals surface area (Å²) in [5.41, 5.74) is 5.67. The molecule has 1 saturated carbocycles.